The van der Waals surface area contributed by atoms with E-state index >= 15 is 0 Å². The number of hydrazone groups is 1. The zero-order valence-electron chi connectivity index (χ0n) is 12.0. The molecule has 3 rings (SSSR count). The molecular weight excluding hydrogens is 284 g/mol. The van der Waals surface area contributed by atoms with Gasteiger partial charge in [-0.05, 0) is 31.9 Å². The van der Waals surface area contributed by atoms with E-state index in [1.165, 1.54) is 9.75 Å². The van der Waals surface area contributed by atoms with Gasteiger partial charge in [-0.1, -0.05) is 0 Å². The minimum atomic E-state index is 0.00577. The van der Waals surface area contributed by atoms with Crippen molar-refractivity contribution in [3.8, 4) is 0 Å². The van der Waals surface area contributed by atoms with E-state index in [-0.39, 0.29) is 5.91 Å². The lowest BCUT2D eigenvalue weighted by atomic mass is 10.1. The lowest BCUT2D eigenvalue weighted by Gasteiger charge is -2.09. The molecule has 21 heavy (non-hydrogen) atoms. The van der Waals surface area contributed by atoms with Crippen LogP contribution >= 0.6 is 11.3 Å². The van der Waals surface area contributed by atoms with Crippen molar-refractivity contribution in [1.29, 1.82) is 0 Å². The maximum Gasteiger partial charge on any atom is 0.240 e. The van der Waals surface area contributed by atoms with Crippen LogP contribution in [-0.4, -0.2) is 21.2 Å². The molecular formula is C15H18N4OS. The Labute approximate surface area is 127 Å². The van der Waals surface area contributed by atoms with Gasteiger partial charge in [-0.3, -0.25) is 4.79 Å². The van der Waals surface area contributed by atoms with Gasteiger partial charge in [0.15, 0.2) is 0 Å². The van der Waals surface area contributed by atoms with E-state index in [0.717, 1.165) is 37.3 Å². The highest BCUT2D eigenvalue weighted by atomic mass is 32.1. The van der Waals surface area contributed by atoms with Gasteiger partial charge >= 0.3 is 0 Å². The van der Waals surface area contributed by atoms with Crippen molar-refractivity contribution >= 4 is 23.0 Å². The van der Waals surface area contributed by atoms with Crippen molar-refractivity contribution < 1.29 is 4.79 Å². The van der Waals surface area contributed by atoms with Crippen LogP contribution in [0, 0.1) is 6.92 Å². The van der Waals surface area contributed by atoms with Gasteiger partial charge in [0.05, 0.1) is 10.6 Å². The average molecular weight is 302 g/mol. The first-order valence-electron chi connectivity index (χ1n) is 7.14. The van der Waals surface area contributed by atoms with Crippen LogP contribution in [0.2, 0.25) is 0 Å². The molecule has 0 saturated carbocycles. The van der Waals surface area contributed by atoms with Crippen LogP contribution in [0.1, 0.15) is 34.8 Å². The molecule has 0 fully saturated rings. The zero-order valence-corrected chi connectivity index (χ0v) is 12.8. The smallest absolute Gasteiger partial charge is 0.240 e. The molecule has 2 aromatic rings. The molecule has 0 saturated heterocycles. The van der Waals surface area contributed by atoms with Crippen LogP contribution in [0.4, 0.5) is 0 Å². The number of hydrogen-bond acceptors (Lipinski definition) is 4. The predicted molar refractivity (Wildman–Crippen MR) is 83.5 cm³/mol. The number of amides is 1. The van der Waals surface area contributed by atoms with E-state index < -0.39 is 0 Å². The second kappa shape index (κ2) is 6.22. The van der Waals surface area contributed by atoms with Crippen molar-refractivity contribution in [3.05, 3.63) is 40.1 Å². The molecule has 1 aliphatic rings. The van der Waals surface area contributed by atoms with Gasteiger partial charge in [0.25, 0.3) is 0 Å². The molecule has 0 aliphatic carbocycles. The molecule has 1 N–H and O–H groups in total. The maximum absolute atomic E-state index is 11.1. The second-order valence-electron chi connectivity index (χ2n) is 5.13. The van der Waals surface area contributed by atoms with Crippen LogP contribution in [0.3, 0.4) is 0 Å². The van der Waals surface area contributed by atoms with Gasteiger partial charge < -0.3 is 4.57 Å². The highest BCUT2D eigenvalue weighted by molar-refractivity contribution is 7.14. The summed E-state index contributed by atoms with van der Waals surface area (Å²) >= 11 is 1.78. The van der Waals surface area contributed by atoms with Gasteiger partial charge in [0.2, 0.25) is 5.91 Å². The molecule has 1 aliphatic heterocycles. The normalized spacial score (nSPS) is 14.9. The first-order valence-corrected chi connectivity index (χ1v) is 7.96. The average Bonchev–Trinajstić information content (AvgIpc) is 3.10. The Morgan fingerprint density at radius 1 is 1.38 bits per heavy atom. The molecule has 110 valence electrons. The molecule has 0 bridgehead atoms. The largest absolute Gasteiger partial charge is 0.335 e. The summed E-state index contributed by atoms with van der Waals surface area (Å²) in [5, 5.41) is 4.14. The molecule has 0 aromatic carbocycles. The van der Waals surface area contributed by atoms with Gasteiger partial charge in [-0.2, -0.15) is 5.10 Å². The van der Waals surface area contributed by atoms with Crippen molar-refractivity contribution in [2.24, 2.45) is 5.10 Å². The number of nitrogens with zero attached hydrogens (tertiary/aromatic N) is 3. The molecule has 5 nitrogen and oxygen atoms in total. The van der Waals surface area contributed by atoms with Crippen molar-refractivity contribution in [2.45, 2.75) is 39.2 Å². The SMILES string of the molecule is Cc1nccn1CCCc1ccc(C2=NNC(=O)CC2)s1. The summed E-state index contributed by atoms with van der Waals surface area (Å²) in [6, 6.07) is 4.28. The van der Waals surface area contributed by atoms with E-state index in [1.54, 1.807) is 11.3 Å². The van der Waals surface area contributed by atoms with Crippen molar-refractivity contribution in [1.82, 2.24) is 15.0 Å². The first kappa shape index (κ1) is 14.0. The van der Waals surface area contributed by atoms with Crippen LogP contribution in [0.5, 0.6) is 0 Å². The van der Waals surface area contributed by atoms with E-state index in [1.807, 2.05) is 19.3 Å². The Morgan fingerprint density at radius 3 is 3.00 bits per heavy atom. The van der Waals surface area contributed by atoms with Gasteiger partial charge in [-0.15, -0.1) is 11.3 Å². The van der Waals surface area contributed by atoms with Crippen molar-refractivity contribution in [2.75, 3.05) is 0 Å². The maximum atomic E-state index is 11.1. The monoisotopic (exact) mass is 302 g/mol. The lowest BCUT2D eigenvalue weighted by molar-refractivity contribution is -0.121. The third-order valence-electron chi connectivity index (χ3n) is 3.60. The number of carbonyl (C=O) groups excluding carboxylic acids is 1. The van der Waals surface area contributed by atoms with Gasteiger partial charge in [-0.25, -0.2) is 10.4 Å². The minimum Gasteiger partial charge on any atom is -0.335 e. The number of aryl methyl sites for hydroxylation is 3. The second-order valence-corrected chi connectivity index (χ2v) is 6.30. The Balaban J connectivity index is 1.56. The highest BCUT2D eigenvalue weighted by Gasteiger charge is 2.14. The Bertz CT molecular complexity index is 671. The predicted octanol–water partition coefficient (Wildman–Crippen LogP) is 2.50. The number of thiophene rings is 1. The summed E-state index contributed by atoms with van der Waals surface area (Å²) < 4.78 is 2.18. The van der Waals surface area contributed by atoms with E-state index in [9.17, 15) is 4.79 Å². The van der Waals surface area contributed by atoms with Gasteiger partial charge in [0.1, 0.15) is 5.82 Å². The standard InChI is InChI=1S/C15H18N4OS/c1-11-16-8-10-19(11)9-2-3-12-4-6-14(21-12)13-5-7-15(20)18-17-13/h4,6,8,10H,2-3,5,7,9H2,1H3,(H,18,20). The summed E-state index contributed by atoms with van der Waals surface area (Å²) in [5.74, 6) is 1.07. The number of aromatic nitrogens is 2. The number of hydrogen-bond donors (Lipinski definition) is 1. The van der Waals surface area contributed by atoms with Crippen LogP contribution in [-0.2, 0) is 17.8 Å². The number of nitrogens with one attached hydrogen (secondary N) is 1. The Hall–Kier alpha value is -1.95. The molecule has 3 heterocycles. The Kier molecular flexibility index (Phi) is 4.15. The molecule has 0 unspecified atom stereocenters. The summed E-state index contributed by atoms with van der Waals surface area (Å²) in [5.41, 5.74) is 3.55. The molecule has 2 aromatic heterocycles. The van der Waals surface area contributed by atoms with Crippen molar-refractivity contribution in [3.63, 3.8) is 0 Å². The first-order chi connectivity index (χ1) is 10.2. The number of rotatable bonds is 5. The molecule has 6 heteroatoms. The third kappa shape index (κ3) is 3.39. The summed E-state index contributed by atoms with van der Waals surface area (Å²) in [4.78, 5) is 17.9. The number of imidazole rings is 1. The Morgan fingerprint density at radius 2 is 2.29 bits per heavy atom. The molecule has 0 radical (unpaired) electrons. The van der Waals surface area contributed by atoms with E-state index in [4.69, 9.17) is 0 Å². The summed E-state index contributed by atoms with van der Waals surface area (Å²) in [6.45, 7) is 3.02. The third-order valence-corrected chi connectivity index (χ3v) is 4.79. The fourth-order valence-electron chi connectivity index (χ4n) is 2.38. The molecule has 0 spiro atoms. The van der Waals surface area contributed by atoms with E-state index in [2.05, 4.69) is 32.2 Å². The van der Waals surface area contributed by atoms with Crippen LogP contribution in [0.25, 0.3) is 0 Å². The highest BCUT2D eigenvalue weighted by Crippen LogP contribution is 2.21. The quantitative estimate of drug-likeness (QED) is 0.922. The van der Waals surface area contributed by atoms with Gasteiger partial charge in [0, 0.05) is 36.7 Å². The zero-order chi connectivity index (χ0) is 14.7. The molecule has 1 amide bonds. The fraction of sp³-hybridized carbons (Fsp3) is 0.400. The lowest BCUT2D eigenvalue weighted by Crippen LogP contribution is -2.25. The van der Waals surface area contributed by atoms with Crippen LogP contribution < -0.4 is 5.43 Å². The van der Waals surface area contributed by atoms with E-state index in [0.29, 0.717) is 6.42 Å². The summed E-state index contributed by atoms with van der Waals surface area (Å²) in [6.07, 6.45) is 7.29. The summed E-state index contributed by atoms with van der Waals surface area (Å²) in [7, 11) is 0. The fourth-order valence-corrected chi connectivity index (χ4v) is 3.45. The number of carbonyl (C=O) groups is 1. The minimum absolute atomic E-state index is 0.00577. The topological polar surface area (TPSA) is 59.3 Å². The molecule has 0 atom stereocenters. The van der Waals surface area contributed by atoms with Crippen LogP contribution in [0.15, 0.2) is 29.6 Å².